The van der Waals surface area contributed by atoms with Gasteiger partial charge in [-0.25, -0.2) is 13.1 Å². The van der Waals surface area contributed by atoms with Crippen LogP contribution < -0.4 is 14.8 Å². The van der Waals surface area contributed by atoms with Gasteiger partial charge in [0.05, 0.1) is 7.11 Å². The largest absolute Gasteiger partial charge is 0.495 e. The molecule has 2 N–H and O–H groups in total. The van der Waals surface area contributed by atoms with E-state index < -0.39 is 10.0 Å². The number of hydrogen-bond donors (Lipinski definition) is 2. The molecule has 0 unspecified atom stereocenters. The molecule has 3 rings (SSSR count). The maximum Gasteiger partial charge on any atom is 0.251 e. The summed E-state index contributed by atoms with van der Waals surface area (Å²) in [7, 11) is -2.30. The van der Waals surface area contributed by atoms with Gasteiger partial charge < -0.3 is 10.1 Å². The average molecular weight is 427 g/mol. The number of carbonyl (C=O) groups is 1. The van der Waals surface area contributed by atoms with Crippen LogP contribution in [0, 0.1) is 0 Å². The van der Waals surface area contributed by atoms with Gasteiger partial charge in [-0.3, -0.25) is 4.79 Å². The Morgan fingerprint density at radius 2 is 2.15 bits per heavy atom. The zero-order valence-corrected chi connectivity index (χ0v) is 17.4. The molecule has 0 radical (unpaired) electrons. The highest BCUT2D eigenvalue weighted by atomic mass is 32.2. The Morgan fingerprint density at radius 1 is 1.33 bits per heavy atom. The summed E-state index contributed by atoms with van der Waals surface area (Å²) < 4.78 is 32.8. The SMILES string of the molecule is COc1ccc(C(=O)NCCSCc2ccsc2)cc1S(=O)(=O)NC1CC1. The fourth-order valence-corrected chi connectivity index (χ4v) is 5.50. The Balaban J connectivity index is 1.58. The summed E-state index contributed by atoms with van der Waals surface area (Å²) in [5.74, 6) is 1.63. The molecule has 0 aliphatic heterocycles. The van der Waals surface area contributed by atoms with Crippen LogP contribution in [0.2, 0.25) is 0 Å². The molecule has 0 saturated heterocycles. The molecule has 2 aromatic rings. The molecule has 1 aromatic carbocycles. The quantitative estimate of drug-likeness (QED) is 0.571. The lowest BCUT2D eigenvalue weighted by molar-refractivity contribution is 0.0956. The van der Waals surface area contributed by atoms with E-state index >= 15 is 0 Å². The Labute approximate surface area is 167 Å². The number of sulfonamides is 1. The first-order chi connectivity index (χ1) is 13.0. The van der Waals surface area contributed by atoms with Crippen LogP contribution in [-0.2, 0) is 15.8 Å². The van der Waals surface area contributed by atoms with Gasteiger partial charge in [-0.05, 0) is 53.4 Å². The molecule has 1 amide bonds. The molecule has 0 atom stereocenters. The number of nitrogens with one attached hydrogen (secondary N) is 2. The summed E-state index contributed by atoms with van der Waals surface area (Å²) in [5.41, 5.74) is 1.58. The van der Waals surface area contributed by atoms with Crippen LogP contribution in [0.15, 0.2) is 39.9 Å². The highest BCUT2D eigenvalue weighted by molar-refractivity contribution is 7.98. The maximum atomic E-state index is 12.5. The van der Waals surface area contributed by atoms with E-state index in [1.165, 1.54) is 24.8 Å². The summed E-state index contributed by atoms with van der Waals surface area (Å²) in [6.07, 6.45) is 1.68. The van der Waals surface area contributed by atoms with Gasteiger partial charge >= 0.3 is 0 Å². The van der Waals surface area contributed by atoms with Crippen molar-refractivity contribution in [2.24, 2.45) is 0 Å². The van der Waals surface area contributed by atoms with Gasteiger partial charge in [0.2, 0.25) is 10.0 Å². The second-order valence-electron chi connectivity index (χ2n) is 6.20. The van der Waals surface area contributed by atoms with E-state index in [1.807, 2.05) is 5.38 Å². The number of thioether (sulfide) groups is 1. The van der Waals surface area contributed by atoms with E-state index in [1.54, 1.807) is 29.2 Å². The van der Waals surface area contributed by atoms with Gasteiger partial charge in [-0.2, -0.15) is 23.1 Å². The second kappa shape index (κ2) is 9.09. The third-order valence-corrected chi connectivity index (χ3v) is 7.30. The van der Waals surface area contributed by atoms with Gasteiger partial charge in [0.15, 0.2) is 0 Å². The zero-order chi connectivity index (χ0) is 19.3. The first-order valence-corrected chi connectivity index (χ1v) is 12.1. The number of amides is 1. The topological polar surface area (TPSA) is 84.5 Å². The van der Waals surface area contributed by atoms with Crippen molar-refractivity contribution in [1.82, 2.24) is 10.0 Å². The molecule has 0 spiro atoms. The van der Waals surface area contributed by atoms with Crippen LogP contribution in [0.25, 0.3) is 0 Å². The Bertz CT molecular complexity index is 878. The number of thiophene rings is 1. The fourth-order valence-electron chi connectivity index (χ4n) is 2.42. The van der Waals surface area contributed by atoms with Crippen molar-refractivity contribution in [3.05, 3.63) is 46.2 Å². The molecule has 1 aliphatic rings. The normalized spacial score (nSPS) is 14.1. The van der Waals surface area contributed by atoms with E-state index in [0.717, 1.165) is 24.3 Å². The predicted octanol–water partition coefficient (Wildman–Crippen LogP) is 2.86. The van der Waals surface area contributed by atoms with Crippen LogP contribution in [-0.4, -0.2) is 39.8 Å². The highest BCUT2D eigenvalue weighted by Crippen LogP contribution is 2.28. The standard InChI is InChI=1S/C18H22N2O4S3/c1-24-16-5-2-14(10-17(16)27(22,23)20-15-3-4-15)18(21)19-7-9-26-12-13-6-8-25-11-13/h2,5-6,8,10-11,15,20H,3-4,7,9,12H2,1H3,(H,19,21). The highest BCUT2D eigenvalue weighted by Gasteiger charge is 2.30. The van der Waals surface area contributed by atoms with Crippen molar-refractivity contribution in [3.8, 4) is 5.75 Å². The number of methoxy groups -OCH3 is 1. The summed E-state index contributed by atoms with van der Waals surface area (Å²) >= 11 is 3.41. The summed E-state index contributed by atoms with van der Waals surface area (Å²) in [6.45, 7) is 0.516. The number of carbonyl (C=O) groups excluding carboxylic acids is 1. The van der Waals surface area contributed by atoms with Gasteiger partial charge in [0, 0.05) is 29.7 Å². The van der Waals surface area contributed by atoms with Crippen LogP contribution in [0.3, 0.4) is 0 Å². The minimum atomic E-state index is -3.71. The monoisotopic (exact) mass is 426 g/mol. The van der Waals surface area contributed by atoms with E-state index in [2.05, 4.69) is 21.5 Å². The lowest BCUT2D eigenvalue weighted by Gasteiger charge is -2.12. The minimum absolute atomic E-state index is 0.00335. The van der Waals surface area contributed by atoms with Crippen molar-refractivity contribution in [2.75, 3.05) is 19.4 Å². The molecule has 9 heteroatoms. The molecule has 1 saturated carbocycles. The molecule has 1 fully saturated rings. The van der Waals surface area contributed by atoms with Crippen LogP contribution >= 0.6 is 23.1 Å². The van der Waals surface area contributed by atoms with E-state index in [9.17, 15) is 13.2 Å². The fraction of sp³-hybridized carbons (Fsp3) is 0.389. The Morgan fingerprint density at radius 3 is 2.81 bits per heavy atom. The van der Waals surface area contributed by atoms with E-state index in [4.69, 9.17) is 4.74 Å². The van der Waals surface area contributed by atoms with Crippen molar-refractivity contribution in [2.45, 2.75) is 29.5 Å². The Hall–Kier alpha value is -1.55. The van der Waals surface area contributed by atoms with E-state index in [0.29, 0.717) is 12.1 Å². The minimum Gasteiger partial charge on any atom is -0.495 e. The first kappa shape index (κ1) is 20.2. The molecule has 6 nitrogen and oxygen atoms in total. The van der Waals surface area contributed by atoms with Gasteiger partial charge in [0.1, 0.15) is 10.6 Å². The van der Waals surface area contributed by atoms with Crippen molar-refractivity contribution in [1.29, 1.82) is 0 Å². The number of ether oxygens (including phenoxy) is 1. The lowest BCUT2D eigenvalue weighted by Crippen LogP contribution is -2.28. The molecule has 27 heavy (non-hydrogen) atoms. The maximum absolute atomic E-state index is 12.5. The lowest BCUT2D eigenvalue weighted by atomic mass is 10.2. The predicted molar refractivity (Wildman–Crippen MR) is 109 cm³/mol. The average Bonchev–Trinajstić information content (AvgIpc) is 3.30. The number of hydrogen-bond acceptors (Lipinski definition) is 6. The summed E-state index contributed by atoms with van der Waals surface area (Å²) in [4.78, 5) is 12.4. The smallest absolute Gasteiger partial charge is 0.251 e. The van der Waals surface area contributed by atoms with Crippen molar-refractivity contribution in [3.63, 3.8) is 0 Å². The molecule has 1 aliphatic carbocycles. The summed E-state index contributed by atoms with van der Waals surface area (Å²) in [6, 6.07) is 6.53. The molecule has 146 valence electrons. The zero-order valence-electron chi connectivity index (χ0n) is 14.9. The molecular formula is C18H22N2O4S3. The van der Waals surface area contributed by atoms with Gasteiger partial charge in [-0.1, -0.05) is 0 Å². The van der Waals surface area contributed by atoms with Crippen LogP contribution in [0.5, 0.6) is 5.75 Å². The summed E-state index contributed by atoms with van der Waals surface area (Å²) in [5, 5.41) is 6.99. The number of rotatable bonds is 10. The van der Waals surface area contributed by atoms with Gasteiger partial charge in [-0.15, -0.1) is 0 Å². The first-order valence-electron chi connectivity index (χ1n) is 8.57. The molecular weight excluding hydrogens is 404 g/mol. The Kier molecular flexibility index (Phi) is 6.80. The molecule has 0 bridgehead atoms. The third kappa shape index (κ3) is 5.71. The van der Waals surface area contributed by atoms with E-state index in [-0.39, 0.29) is 22.6 Å². The van der Waals surface area contributed by atoms with Crippen LogP contribution in [0.4, 0.5) is 0 Å². The second-order valence-corrected chi connectivity index (χ2v) is 9.77. The third-order valence-electron chi connectivity index (χ3n) is 4.00. The molecule has 1 heterocycles. The van der Waals surface area contributed by atoms with Crippen molar-refractivity contribution < 1.29 is 17.9 Å². The van der Waals surface area contributed by atoms with Crippen LogP contribution in [0.1, 0.15) is 28.8 Å². The van der Waals surface area contributed by atoms with Crippen molar-refractivity contribution >= 4 is 39.0 Å². The number of benzene rings is 1. The van der Waals surface area contributed by atoms with Gasteiger partial charge in [0.25, 0.3) is 5.91 Å². The molecule has 1 aromatic heterocycles.